The number of amides is 1. The van der Waals surface area contributed by atoms with E-state index in [2.05, 4.69) is 20.6 Å². The first-order chi connectivity index (χ1) is 12.9. The van der Waals surface area contributed by atoms with Crippen molar-refractivity contribution in [1.82, 2.24) is 20.0 Å². The fourth-order valence-electron chi connectivity index (χ4n) is 3.29. The Morgan fingerprint density at radius 2 is 2.15 bits per heavy atom. The van der Waals surface area contributed by atoms with Crippen LogP contribution >= 0.6 is 11.3 Å². The van der Waals surface area contributed by atoms with E-state index in [1.54, 1.807) is 6.07 Å². The number of thiophene rings is 1. The fourth-order valence-corrected chi connectivity index (χ4v) is 3.98. The van der Waals surface area contributed by atoms with Crippen LogP contribution in [0.15, 0.2) is 23.6 Å². The number of carbonyl (C=O) groups is 1. The lowest BCUT2D eigenvalue weighted by Crippen LogP contribution is -2.22. The normalized spacial score (nSPS) is 14.2. The second-order valence-corrected chi connectivity index (χ2v) is 7.28. The van der Waals surface area contributed by atoms with Crippen molar-refractivity contribution < 1.29 is 18.0 Å². The lowest BCUT2D eigenvalue weighted by Gasteiger charge is -2.14. The minimum absolute atomic E-state index is 0.223. The van der Waals surface area contributed by atoms with Crippen molar-refractivity contribution in [2.45, 2.75) is 38.4 Å². The Bertz CT molecular complexity index is 958. The molecule has 1 amide bonds. The highest BCUT2D eigenvalue weighted by Gasteiger charge is 2.39. The van der Waals surface area contributed by atoms with Crippen LogP contribution in [0, 0.1) is 0 Å². The highest BCUT2D eigenvalue weighted by atomic mass is 32.1. The van der Waals surface area contributed by atoms with Crippen LogP contribution in [0.3, 0.4) is 0 Å². The Labute approximate surface area is 156 Å². The minimum atomic E-state index is -4.51. The van der Waals surface area contributed by atoms with Gasteiger partial charge in [-0.05, 0) is 37.1 Å². The van der Waals surface area contributed by atoms with Gasteiger partial charge >= 0.3 is 6.18 Å². The summed E-state index contributed by atoms with van der Waals surface area (Å²) in [5.41, 5.74) is 0.618. The molecule has 0 spiro atoms. The van der Waals surface area contributed by atoms with Gasteiger partial charge in [0.2, 0.25) is 5.91 Å². The third-order valence-electron chi connectivity index (χ3n) is 4.45. The summed E-state index contributed by atoms with van der Waals surface area (Å²) in [6, 6.07) is 5.50. The van der Waals surface area contributed by atoms with Gasteiger partial charge in [-0.2, -0.15) is 23.4 Å². The van der Waals surface area contributed by atoms with Gasteiger partial charge in [-0.25, -0.2) is 0 Å². The predicted molar refractivity (Wildman–Crippen MR) is 94.4 cm³/mol. The van der Waals surface area contributed by atoms with Crippen LogP contribution < -0.4 is 5.32 Å². The van der Waals surface area contributed by atoms with E-state index in [1.165, 1.54) is 16.0 Å². The molecular weight excluding hydrogens is 379 g/mol. The van der Waals surface area contributed by atoms with Gasteiger partial charge in [0.05, 0.1) is 10.6 Å². The minimum Gasteiger partial charge on any atom is -0.308 e. The molecule has 142 valence electrons. The largest absolute Gasteiger partial charge is 0.435 e. The number of nitrogens with zero attached hydrogens (tertiary/aromatic N) is 3. The van der Waals surface area contributed by atoms with Gasteiger partial charge in [0, 0.05) is 17.3 Å². The lowest BCUT2D eigenvalue weighted by atomic mass is 9.95. The van der Waals surface area contributed by atoms with Crippen molar-refractivity contribution in [3.63, 3.8) is 0 Å². The Hall–Kier alpha value is -2.62. The van der Waals surface area contributed by atoms with E-state index >= 15 is 0 Å². The summed E-state index contributed by atoms with van der Waals surface area (Å²) in [4.78, 5) is 13.3. The molecule has 0 unspecified atom stereocenters. The van der Waals surface area contributed by atoms with Gasteiger partial charge in [-0.15, -0.1) is 11.3 Å². The number of fused-ring (bicyclic) bond motifs is 1. The van der Waals surface area contributed by atoms with Crippen LogP contribution in [0.1, 0.15) is 29.8 Å². The zero-order valence-electron chi connectivity index (χ0n) is 14.1. The maximum absolute atomic E-state index is 13.2. The molecule has 0 radical (unpaired) electrons. The van der Waals surface area contributed by atoms with Crippen molar-refractivity contribution in [3.8, 4) is 10.6 Å². The second kappa shape index (κ2) is 6.84. The van der Waals surface area contributed by atoms with Gasteiger partial charge in [0.25, 0.3) is 0 Å². The molecule has 1 aliphatic carbocycles. The van der Waals surface area contributed by atoms with Gasteiger partial charge in [0.15, 0.2) is 11.5 Å². The number of aromatic amines is 1. The maximum atomic E-state index is 13.2. The summed E-state index contributed by atoms with van der Waals surface area (Å²) < 4.78 is 40.8. The molecule has 10 heteroatoms. The zero-order valence-corrected chi connectivity index (χ0v) is 15.0. The fraction of sp³-hybridized carbons (Fsp3) is 0.353. The number of rotatable bonds is 4. The molecule has 0 aliphatic heterocycles. The standard InChI is InChI=1S/C17H16F3N5OS/c18-17(19,20)16-10-4-1-2-5-12(10)25(24-16)9-15(26)21-14-8-11(22-23-14)13-6-3-7-27-13/h3,6-8H,1-2,4-5,9H2,(H2,21,22,23,26). The number of hydrogen-bond acceptors (Lipinski definition) is 4. The predicted octanol–water partition coefficient (Wildman–Crippen LogP) is 3.87. The molecule has 27 heavy (non-hydrogen) atoms. The molecule has 0 saturated carbocycles. The van der Waals surface area contributed by atoms with Crippen molar-refractivity contribution in [1.29, 1.82) is 0 Å². The zero-order chi connectivity index (χ0) is 19.0. The number of alkyl halides is 3. The van der Waals surface area contributed by atoms with Crippen LogP contribution in [-0.4, -0.2) is 25.9 Å². The Morgan fingerprint density at radius 1 is 1.33 bits per heavy atom. The summed E-state index contributed by atoms with van der Waals surface area (Å²) >= 11 is 1.53. The molecule has 0 bridgehead atoms. The third kappa shape index (κ3) is 3.61. The van der Waals surface area contributed by atoms with Gasteiger partial charge < -0.3 is 5.32 Å². The molecule has 3 aromatic heterocycles. The summed E-state index contributed by atoms with van der Waals surface area (Å²) in [5, 5.41) is 15.1. The molecule has 0 atom stereocenters. The van der Waals surface area contributed by atoms with E-state index in [0.717, 1.165) is 17.0 Å². The highest BCUT2D eigenvalue weighted by molar-refractivity contribution is 7.13. The number of halogens is 3. The highest BCUT2D eigenvalue weighted by Crippen LogP contribution is 2.35. The first kappa shape index (κ1) is 17.8. The van der Waals surface area contributed by atoms with Crippen LogP contribution in [-0.2, 0) is 30.4 Å². The molecule has 0 aromatic carbocycles. The summed E-state index contributed by atoms with van der Waals surface area (Å²) in [6.07, 6.45) is -2.18. The number of anilines is 1. The number of H-pyrrole nitrogens is 1. The SMILES string of the molecule is O=C(Cn1nc(C(F)(F)F)c2c1CCCC2)Nc1cc(-c2cccs2)[nH]n1. The van der Waals surface area contributed by atoms with E-state index in [9.17, 15) is 18.0 Å². The van der Waals surface area contributed by atoms with E-state index in [1.807, 2.05) is 17.5 Å². The topological polar surface area (TPSA) is 75.6 Å². The van der Waals surface area contributed by atoms with Crippen LogP contribution in [0.25, 0.3) is 10.6 Å². The first-order valence-corrected chi connectivity index (χ1v) is 9.34. The smallest absolute Gasteiger partial charge is 0.308 e. The molecule has 4 rings (SSSR count). The van der Waals surface area contributed by atoms with Crippen LogP contribution in [0.2, 0.25) is 0 Å². The number of aromatic nitrogens is 4. The van der Waals surface area contributed by atoms with E-state index in [-0.39, 0.29) is 12.1 Å². The van der Waals surface area contributed by atoms with Crippen molar-refractivity contribution >= 4 is 23.1 Å². The van der Waals surface area contributed by atoms with Gasteiger partial charge in [0.1, 0.15) is 6.54 Å². The molecule has 6 nitrogen and oxygen atoms in total. The third-order valence-corrected chi connectivity index (χ3v) is 5.35. The van der Waals surface area contributed by atoms with Crippen molar-refractivity contribution in [3.05, 3.63) is 40.5 Å². The van der Waals surface area contributed by atoms with E-state index < -0.39 is 17.8 Å². The Kier molecular flexibility index (Phi) is 4.50. The number of carbonyl (C=O) groups excluding carboxylic acids is 1. The molecule has 3 heterocycles. The van der Waals surface area contributed by atoms with Crippen LogP contribution in [0.4, 0.5) is 19.0 Å². The molecule has 2 N–H and O–H groups in total. The quantitative estimate of drug-likeness (QED) is 0.704. The molecule has 0 fully saturated rings. The molecule has 3 aromatic rings. The monoisotopic (exact) mass is 395 g/mol. The summed E-state index contributed by atoms with van der Waals surface area (Å²) in [7, 11) is 0. The first-order valence-electron chi connectivity index (χ1n) is 8.46. The molecule has 0 saturated heterocycles. The van der Waals surface area contributed by atoms with Crippen molar-refractivity contribution in [2.24, 2.45) is 0 Å². The van der Waals surface area contributed by atoms with Gasteiger partial charge in [-0.3, -0.25) is 14.6 Å². The Morgan fingerprint density at radius 3 is 2.89 bits per heavy atom. The number of hydrogen-bond donors (Lipinski definition) is 2. The van der Waals surface area contributed by atoms with Gasteiger partial charge in [-0.1, -0.05) is 6.07 Å². The second-order valence-electron chi connectivity index (χ2n) is 6.33. The number of nitrogens with one attached hydrogen (secondary N) is 2. The average Bonchev–Trinajstić information content (AvgIpc) is 3.33. The average molecular weight is 395 g/mol. The van der Waals surface area contributed by atoms with Crippen molar-refractivity contribution in [2.75, 3.05) is 5.32 Å². The lowest BCUT2D eigenvalue weighted by molar-refractivity contribution is -0.142. The van der Waals surface area contributed by atoms with E-state index in [4.69, 9.17) is 0 Å². The summed E-state index contributed by atoms with van der Waals surface area (Å²) in [5.74, 6) is -0.149. The van der Waals surface area contributed by atoms with Crippen LogP contribution in [0.5, 0.6) is 0 Å². The molecular formula is C17H16F3N5OS. The molecule has 1 aliphatic rings. The summed E-state index contributed by atoms with van der Waals surface area (Å²) in [6.45, 7) is -0.278. The van der Waals surface area contributed by atoms with E-state index in [0.29, 0.717) is 30.8 Å². The maximum Gasteiger partial charge on any atom is 0.435 e. The Balaban J connectivity index is 1.51.